The first kappa shape index (κ1) is 14.3. The summed E-state index contributed by atoms with van der Waals surface area (Å²) in [7, 11) is 2.85. The van der Waals surface area contributed by atoms with Gasteiger partial charge < -0.3 is 14.2 Å². The van der Waals surface area contributed by atoms with Crippen LogP contribution in [0.2, 0.25) is 0 Å². The van der Waals surface area contributed by atoms with Crippen molar-refractivity contribution in [2.45, 2.75) is 0 Å². The number of carbonyl (C=O) groups excluding carboxylic acids is 1. The molecule has 0 fully saturated rings. The second kappa shape index (κ2) is 5.98. The van der Waals surface area contributed by atoms with E-state index in [2.05, 4.69) is 9.97 Å². The van der Waals surface area contributed by atoms with E-state index in [1.165, 1.54) is 25.6 Å². The lowest BCUT2D eigenvalue weighted by Crippen LogP contribution is -2.02. The van der Waals surface area contributed by atoms with E-state index in [0.717, 1.165) is 10.3 Å². The monoisotopic (exact) mass is 316 g/mol. The van der Waals surface area contributed by atoms with E-state index in [1.54, 1.807) is 24.4 Å². The highest BCUT2D eigenvalue weighted by molar-refractivity contribution is 7.19. The molecule has 22 heavy (non-hydrogen) atoms. The lowest BCUT2D eigenvalue weighted by Gasteiger charge is -2.09. The van der Waals surface area contributed by atoms with E-state index in [-0.39, 0.29) is 0 Å². The molecule has 2 heterocycles. The van der Waals surface area contributed by atoms with Gasteiger partial charge in [-0.05, 0) is 30.3 Å². The summed E-state index contributed by atoms with van der Waals surface area (Å²) >= 11 is 1.32. The van der Waals surface area contributed by atoms with Crippen LogP contribution >= 0.6 is 11.3 Å². The molecule has 3 aromatic rings. The minimum atomic E-state index is -0.446. The third-order valence-corrected chi connectivity index (χ3v) is 3.79. The standard InChI is InChI=1S/C15H12N2O4S/c1-19-11-6-5-9(14(18)20-2)8-12(11)21-15-17-10-4-3-7-16-13(10)22-15/h3-8H,1-2H3. The first-order chi connectivity index (χ1) is 10.7. The molecular formula is C15H12N2O4S. The number of aromatic nitrogens is 2. The quantitative estimate of drug-likeness (QED) is 0.688. The molecule has 0 saturated heterocycles. The van der Waals surface area contributed by atoms with Crippen LogP contribution in [0.3, 0.4) is 0 Å². The van der Waals surface area contributed by atoms with Crippen LogP contribution in [0, 0.1) is 0 Å². The van der Waals surface area contributed by atoms with Gasteiger partial charge in [-0.15, -0.1) is 0 Å². The van der Waals surface area contributed by atoms with Gasteiger partial charge in [-0.2, -0.15) is 0 Å². The Bertz CT molecular complexity index is 798. The Balaban J connectivity index is 1.97. The molecule has 0 N–H and O–H groups in total. The summed E-state index contributed by atoms with van der Waals surface area (Å²) in [5, 5.41) is 0.425. The molecular weight excluding hydrogens is 304 g/mol. The Morgan fingerprint density at radius 2 is 2.05 bits per heavy atom. The molecule has 0 atom stereocenters. The van der Waals surface area contributed by atoms with Gasteiger partial charge in [0.25, 0.3) is 5.19 Å². The van der Waals surface area contributed by atoms with E-state index >= 15 is 0 Å². The number of fused-ring (bicyclic) bond motifs is 1. The maximum absolute atomic E-state index is 11.6. The molecule has 6 nitrogen and oxygen atoms in total. The average Bonchev–Trinajstić information content (AvgIpc) is 2.96. The van der Waals surface area contributed by atoms with Gasteiger partial charge in [0.1, 0.15) is 10.3 Å². The van der Waals surface area contributed by atoms with Crippen molar-refractivity contribution in [3.8, 4) is 16.7 Å². The van der Waals surface area contributed by atoms with E-state index in [4.69, 9.17) is 14.2 Å². The van der Waals surface area contributed by atoms with Crippen LogP contribution in [0.15, 0.2) is 36.5 Å². The number of methoxy groups -OCH3 is 2. The second-order valence-corrected chi connectivity index (χ2v) is 5.21. The molecule has 0 bridgehead atoms. The first-order valence-corrected chi connectivity index (χ1v) is 7.18. The van der Waals surface area contributed by atoms with Crippen molar-refractivity contribution in [3.05, 3.63) is 42.1 Å². The van der Waals surface area contributed by atoms with Crippen molar-refractivity contribution in [2.24, 2.45) is 0 Å². The zero-order valence-corrected chi connectivity index (χ0v) is 12.7. The van der Waals surface area contributed by atoms with Gasteiger partial charge in [0.2, 0.25) is 0 Å². The fourth-order valence-corrected chi connectivity index (χ4v) is 2.66. The van der Waals surface area contributed by atoms with Crippen molar-refractivity contribution < 1.29 is 19.0 Å². The Morgan fingerprint density at radius 1 is 1.18 bits per heavy atom. The summed E-state index contributed by atoms with van der Waals surface area (Å²) in [6.07, 6.45) is 1.70. The number of thiazole rings is 1. The SMILES string of the molecule is COC(=O)c1ccc(OC)c(Oc2nc3cccnc3s2)c1. The third kappa shape index (κ3) is 2.71. The smallest absolute Gasteiger partial charge is 0.337 e. The van der Waals surface area contributed by atoms with Gasteiger partial charge in [0.05, 0.1) is 19.8 Å². The molecule has 7 heteroatoms. The molecule has 0 spiro atoms. The summed E-state index contributed by atoms with van der Waals surface area (Å²) in [6.45, 7) is 0. The minimum absolute atomic E-state index is 0.373. The van der Waals surface area contributed by atoms with Crippen LogP contribution in [0.25, 0.3) is 10.3 Å². The van der Waals surface area contributed by atoms with Crippen LogP contribution < -0.4 is 9.47 Å². The van der Waals surface area contributed by atoms with Gasteiger partial charge in [0.15, 0.2) is 11.5 Å². The van der Waals surface area contributed by atoms with E-state index in [9.17, 15) is 4.79 Å². The lowest BCUT2D eigenvalue weighted by molar-refractivity contribution is 0.0600. The molecule has 0 aliphatic heterocycles. The number of ether oxygens (including phenoxy) is 3. The number of hydrogen-bond acceptors (Lipinski definition) is 7. The zero-order valence-electron chi connectivity index (χ0n) is 11.9. The van der Waals surface area contributed by atoms with Crippen molar-refractivity contribution in [2.75, 3.05) is 14.2 Å². The number of nitrogens with zero attached hydrogens (tertiary/aromatic N) is 2. The molecule has 0 aliphatic carbocycles. The molecule has 0 saturated carbocycles. The summed E-state index contributed by atoms with van der Waals surface area (Å²) in [4.78, 5) is 21.0. The van der Waals surface area contributed by atoms with Crippen LogP contribution in [0.1, 0.15) is 10.4 Å². The number of carbonyl (C=O) groups is 1. The van der Waals surface area contributed by atoms with Crippen LogP contribution in [0.5, 0.6) is 16.7 Å². The zero-order chi connectivity index (χ0) is 15.5. The number of benzene rings is 1. The highest BCUT2D eigenvalue weighted by Gasteiger charge is 2.14. The Labute approximate surface area is 130 Å². The van der Waals surface area contributed by atoms with E-state index < -0.39 is 5.97 Å². The number of pyridine rings is 1. The van der Waals surface area contributed by atoms with Crippen LogP contribution in [-0.4, -0.2) is 30.2 Å². The molecule has 0 amide bonds. The Kier molecular flexibility index (Phi) is 3.88. The van der Waals surface area contributed by atoms with Gasteiger partial charge in [-0.3, -0.25) is 0 Å². The van der Waals surface area contributed by atoms with Gasteiger partial charge in [0, 0.05) is 6.20 Å². The second-order valence-electron chi connectivity index (χ2n) is 4.27. The molecule has 0 radical (unpaired) electrons. The van der Waals surface area contributed by atoms with Gasteiger partial charge >= 0.3 is 5.97 Å². The predicted octanol–water partition coefficient (Wildman–Crippen LogP) is 3.28. The number of esters is 1. The summed E-state index contributed by atoms with van der Waals surface area (Å²) in [5.41, 5.74) is 1.13. The molecule has 1 aromatic carbocycles. The molecule has 3 rings (SSSR count). The highest BCUT2D eigenvalue weighted by atomic mass is 32.1. The largest absolute Gasteiger partial charge is 0.493 e. The Hall–Kier alpha value is -2.67. The maximum atomic E-state index is 11.6. The molecule has 0 aliphatic rings. The third-order valence-electron chi connectivity index (χ3n) is 2.93. The minimum Gasteiger partial charge on any atom is -0.493 e. The average molecular weight is 316 g/mol. The Morgan fingerprint density at radius 3 is 2.77 bits per heavy atom. The summed E-state index contributed by atoms with van der Waals surface area (Å²) in [6, 6.07) is 8.48. The fraction of sp³-hybridized carbons (Fsp3) is 0.133. The number of rotatable bonds is 4. The summed E-state index contributed by atoms with van der Waals surface area (Å²) in [5.74, 6) is 0.447. The van der Waals surface area contributed by atoms with Crippen LogP contribution in [-0.2, 0) is 4.74 Å². The van der Waals surface area contributed by atoms with Crippen molar-refractivity contribution in [1.82, 2.24) is 9.97 Å². The van der Waals surface area contributed by atoms with Gasteiger partial charge in [-0.1, -0.05) is 11.3 Å². The number of hydrogen-bond donors (Lipinski definition) is 0. The molecule has 0 unspecified atom stereocenters. The lowest BCUT2D eigenvalue weighted by atomic mass is 10.2. The topological polar surface area (TPSA) is 70.5 Å². The predicted molar refractivity (Wildman–Crippen MR) is 81.8 cm³/mol. The first-order valence-electron chi connectivity index (χ1n) is 6.37. The fourth-order valence-electron chi connectivity index (χ4n) is 1.89. The van der Waals surface area contributed by atoms with E-state index in [0.29, 0.717) is 22.3 Å². The maximum Gasteiger partial charge on any atom is 0.337 e. The molecule has 112 valence electrons. The molecule has 2 aromatic heterocycles. The normalized spacial score (nSPS) is 10.5. The van der Waals surface area contributed by atoms with Crippen molar-refractivity contribution in [3.63, 3.8) is 0 Å². The highest BCUT2D eigenvalue weighted by Crippen LogP contribution is 2.35. The van der Waals surface area contributed by atoms with E-state index in [1.807, 2.05) is 12.1 Å². The summed E-state index contributed by atoms with van der Waals surface area (Å²) < 4.78 is 15.7. The van der Waals surface area contributed by atoms with Crippen molar-refractivity contribution in [1.29, 1.82) is 0 Å². The van der Waals surface area contributed by atoms with Crippen molar-refractivity contribution >= 4 is 27.7 Å². The van der Waals surface area contributed by atoms with Crippen LogP contribution in [0.4, 0.5) is 0 Å². The van der Waals surface area contributed by atoms with Gasteiger partial charge in [-0.25, -0.2) is 14.8 Å².